The quantitative estimate of drug-likeness (QED) is 0.758. The molecular weight excluding hydrogens is 239 g/mol. The van der Waals surface area contributed by atoms with E-state index in [0.717, 1.165) is 20.9 Å². The minimum atomic E-state index is 0.514. The molecule has 2 rings (SSSR count). The first kappa shape index (κ1) is 8.08. The minimum absolute atomic E-state index is 0.514. The van der Waals surface area contributed by atoms with Crippen LogP contribution in [0, 0.1) is 6.92 Å². The van der Waals surface area contributed by atoms with E-state index in [0.29, 0.717) is 5.15 Å². The minimum Gasteiger partial charge on any atom is -0.276 e. The van der Waals surface area contributed by atoms with E-state index in [9.17, 15) is 0 Å². The lowest BCUT2D eigenvalue weighted by Gasteiger charge is -1.97. The molecule has 12 heavy (non-hydrogen) atoms. The second-order valence-electron chi connectivity index (χ2n) is 2.63. The average Bonchev–Trinajstić information content (AvgIpc) is 2.41. The van der Waals surface area contributed by atoms with E-state index in [4.69, 9.17) is 11.6 Å². The molecule has 62 valence electrons. The Morgan fingerprint density at radius 3 is 3.00 bits per heavy atom. The van der Waals surface area contributed by atoms with Gasteiger partial charge in [0.1, 0.15) is 0 Å². The van der Waals surface area contributed by atoms with E-state index in [1.807, 2.05) is 19.1 Å². The van der Waals surface area contributed by atoms with Crippen molar-refractivity contribution in [3.8, 4) is 0 Å². The lowest BCUT2D eigenvalue weighted by Crippen LogP contribution is -1.76. The first-order valence-corrected chi connectivity index (χ1v) is 4.66. The Hall–Kier alpha value is -0.540. The Kier molecular flexibility index (Phi) is 1.85. The zero-order valence-corrected chi connectivity index (χ0v) is 8.70. The lowest BCUT2D eigenvalue weighted by atomic mass is 10.2. The van der Waals surface area contributed by atoms with E-state index >= 15 is 0 Å². The van der Waals surface area contributed by atoms with E-state index in [2.05, 4.69) is 26.1 Å². The maximum absolute atomic E-state index is 5.88. The summed E-state index contributed by atoms with van der Waals surface area (Å²) in [6, 6.07) is 3.98. The van der Waals surface area contributed by atoms with Gasteiger partial charge in [-0.25, -0.2) is 0 Å². The number of aromatic amines is 1. The number of hydrogen-bond donors (Lipinski definition) is 1. The summed E-state index contributed by atoms with van der Waals surface area (Å²) in [5.41, 5.74) is 2.11. The molecule has 2 nitrogen and oxygen atoms in total. The SMILES string of the molecule is Cc1ccc2[nH]nc(Cl)c2c1Br. The molecule has 0 bridgehead atoms. The van der Waals surface area contributed by atoms with Crippen molar-refractivity contribution in [1.82, 2.24) is 10.2 Å². The molecule has 1 aromatic heterocycles. The first-order chi connectivity index (χ1) is 5.70. The highest BCUT2D eigenvalue weighted by molar-refractivity contribution is 9.10. The maximum atomic E-state index is 5.88. The van der Waals surface area contributed by atoms with Crippen molar-refractivity contribution < 1.29 is 0 Å². The summed E-state index contributed by atoms with van der Waals surface area (Å²) in [7, 11) is 0. The molecule has 0 spiro atoms. The lowest BCUT2D eigenvalue weighted by molar-refractivity contribution is 1.12. The smallest absolute Gasteiger partial charge is 0.159 e. The third-order valence-corrected chi connectivity index (χ3v) is 3.11. The molecule has 0 aliphatic rings. The molecule has 1 heterocycles. The molecule has 0 saturated carbocycles. The van der Waals surface area contributed by atoms with Crippen LogP contribution in [0.15, 0.2) is 16.6 Å². The summed E-state index contributed by atoms with van der Waals surface area (Å²) in [5.74, 6) is 0. The Bertz CT molecular complexity index is 436. The third kappa shape index (κ3) is 1.04. The normalized spacial score (nSPS) is 10.9. The summed E-state index contributed by atoms with van der Waals surface area (Å²) in [5, 5.41) is 8.22. The molecule has 0 saturated heterocycles. The Balaban J connectivity index is 2.96. The van der Waals surface area contributed by atoms with Crippen molar-refractivity contribution in [2.75, 3.05) is 0 Å². The van der Waals surface area contributed by atoms with Gasteiger partial charge in [-0.15, -0.1) is 0 Å². The fourth-order valence-electron chi connectivity index (χ4n) is 1.14. The molecule has 0 aliphatic carbocycles. The number of nitrogens with one attached hydrogen (secondary N) is 1. The Morgan fingerprint density at radius 2 is 2.25 bits per heavy atom. The van der Waals surface area contributed by atoms with Gasteiger partial charge < -0.3 is 0 Å². The van der Waals surface area contributed by atoms with Gasteiger partial charge in [-0.05, 0) is 34.5 Å². The standard InChI is InChI=1S/C8H6BrClN2/c1-4-2-3-5-6(7(4)9)8(10)12-11-5/h2-3H,1H3,(H,11,12). The molecule has 0 radical (unpaired) electrons. The largest absolute Gasteiger partial charge is 0.276 e. The van der Waals surface area contributed by atoms with E-state index in [1.165, 1.54) is 0 Å². The summed E-state index contributed by atoms with van der Waals surface area (Å²) < 4.78 is 1.01. The van der Waals surface area contributed by atoms with Gasteiger partial charge in [0.15, 0.2) is 5.15 Å². The van der Waals surface area contributed by atoms with Crippen LogP contribution >= 0.6 is 27.5 Å². The van der Waals surface area contributed by atoms with Crippen LogP contribution in [0.1, 0.15) is 5.56 Å². The highest BCUT2D eigenvalue weighted by atomic mass is 79.9. The molecular formula is C8H6BrClN2. The molecule has 1 N–H and O–H groups in total. The van der Waals surface area contributed by atoms with Gasteiger partial charge >= 0.3 is 0 Å². The van der Waals surface area contributed by atoms with Crippen molar-refractivity contribution in [3.05, 3.63) is 27.3 Å². The van der Waals surface area contributed by atoms with E-state index < -0.39 is 0 Å². The first-order valence-electron chi connectivity index (χ1n) is 3.49. The summed E-state index contributed by atoms with van der Waals surface area (Å²) in [6.45, 7) is 2.02. The van der Waals surface area contributed by atoms with Crippen LogP contribution in [0.4, 0.5) is 0 Å². The highest BCUT2D eigenvalue weighted by Crippen LogP contribution is 2.30. The van der Waals surface area contributed by atoms with Gasteiger partial charge in [0.25, 0.3) is 0 Å². The molecule has 0 fully saturated rings. The van der Waals surface area contributed by atoms with Crippen molar-refractivity contribution in [2.24, 2.45) is 0 Å². The number of benzene rings is 1. The second-order valence-corrected chi connectivity index (χ2v) is 3.78. The number of halogens is 2. The van der Waals surface area contributed by atoms with E-state index in [-0.39, 0.29) is 0 Å². The Morgan fingerprint density at radius 1 is 1.50 bits per heavy atom. The number of hydrogen-bond acceptors (Lipinski definition) is 1. The second kappa shape index (κ2) is 2.75. The van der Waals surface area contributed by atoms with Crippen molar-refractivity contribution in [3.63, 3.8) is 0 Å². The molecule has 2 aromatic rings. The van der Waals surface area contributed by atoms with Crippen LogP contribution in [0.3, 0.4) is 0 Å². The van der Waals surface area contributed by atoms with Gasteiger partial charge in [0.2, 0.25) is 0 Å². The number of aromatic nitrogens is 2. The third-order valence-electron chi connectivity index (χ3n) is 1.82. The van der Waals surface area contributed by atoms with Crippen molar-refractivity contribution in [1.29, 1.82) is 0 Å². The molecule has 0 atom stereocenters. The number of H-pyrrole nitrogens is 1. The summed E-state index contributed by atoms with van der Waals surface area (Å²) >= 11 is 9.34. The van der Waals surface area contributed by atoms with Gasteiger partial charge in [-0.1, -0.05) is 17.7 Å². The fraction of sp³-hybridized carbons (Fsp3) is 0.125. The maximum Gasteiger partial charge on any atom is 0.159 e. The molecule has 1 aromatic carbocycles. The predicted molar refractivity (Wildman–Crippen MR) is 53.5 cm³/mol. The molecule has 0 aliphatic heterocycles. The number of fused-ring (bicyclic) bond motifs is 1. The van der Waals surface area contributed by atoms with Crippen molar-refractivity contribution in [2.45, 2.75) is 6.92 Å². The van der Waals surface area contributed by atoms with Crippen LogP contribution < -0.4 is 0 Å². The van der Waals surface area contributed by atoms with E-state index in [1.54, 1.807) is 0 Å². The summed E-state index contributed by atoms with van der Waals surface area (Å²) in [6.07, 6.45) is 0. The average molecular weight is 246 g/mol. The monoisotopic (exact) mass is 244 g/mol. The molecule has 0 amide bonds. The fourth-order valence-corrected chi connectivity index (χ4v) is 2.03. The van der Waals surface area contributed by atoms with Crippen molar-refractivity contribution >= 4 is 38.4 Å². The van der Waals surface area contributed by atoms with Crippen LogP contribution in [-0.2, 0) is 0 Å². The van der Waals surface area contributed by atoms with Gasteiger partial charge in [-0.3, -0.25) is 5.10 Å². The molecule has 4 heteroatoms. The predicted octanol–water partition coefficient (Wildman–Crippen LogP) is 3.29. The van der Waals surface area contributed by atoms with Gasteiger partial charge in [0, 0.05) is 4.47 Å². The zero-order chi connectivity index (χ0) is 8.72. The van der Waals surface area contributed by atoms with Crippen LogP contribution in [-0.4, -0.2) is 10.2 Å². The Labute approximate surface area is 83.0 Å². The summed E-state index contributed by atoms with van der Waals surface area (Å²) in [4.78, 5) is 0. The van der Waals surface area contributed by atoms with Crippen LogP contribution in [0.2, 0.25) is 5.15 Å². The van der Waals surface area contributed by atoms with Gasteiger partial charge in [0.05, 0.1) is 10.9 Å². The number of nitrogens with zero attached hydrogens (tertiary/aromatic N) is 1. The van der Waals surface area contributed by atoms with Crippen LogP contribution in [0.5, 0.6) is 0 Å². The molecule has 0 unspecified atom stereocenters. The zero-order valence-electron chi connectivity index (χ0n) is 6.36. The topological polar surface area (TPSA) is 28.7 Å². The number of aryl methyl sites for hydroxylation is 1. The number of rotatable bonds is 0. The van der Waals surface area contributed by atoms with Gasteiger partial charge in [-0.2, -0.15) is 5.10 Å². The highest BCUT2D eigenvalue weighted by Gasteiger charge is 2.07. The van der Waals surface area contributed by atoms with Crippen LogP contribution in [0.25, 0.3) is 10.9 Å².